The molecule has 174 valence electrons. The van der Waals surface area contributed by atoms with Gasteiger partial charge in [0.25, 0.3) is 0 Å². The minimum absolute atomic E-state index is 0.0481. The van der Waals surface area contributed by atoms with Gasteiger partial charge in [0.05, 0.1) is 18.7 Å². The van der Waals surface area contributed by atoms with Gasteiger partial charge in [0.15, 0.2) is 0 Å². The maximum absolute atomic E-state index is 12.6. The van der Waals surface area contributed by atoms with Gasteiger partial charge in [-0.15, -0.1) is 0 Å². The molecule has 2 amide bonds. The molecule has 8 heteroatoms. The zero-order valence-electron chi connectivity index (χ0n) is 19.2. The van der Waals surface area contributed by atoms with Crippen LogP contribution < -0.4 is 10.1 Å². The number of hydrogen-bond donors (Lipinski definition) is 1. The number of amides is 2. The lowest BCUT2D eigenvalue weighted by Crippen LogP contribution is -2.38. The van der Waals surface area contributed by atoms with Gasteiger partial charge in [0.1, 0.15) is 11.4 Å². The monoisotopic (exact) mass is 461 g/mol. The number of hydrogen-bond acceptors (Lipinski definition) is 5. The number of methoxy groups -OCH3 is 1. The fourth-order valence-corrected chi connectivity index (χ4v) is 3.26. The lowest BCUT2D eigenvalue weighted by atomic mass is 10.1. The zero-order valence-corrected chi connectivity index (χ0v) is 19.9. The Morgan fingerprint density at radius 1 is 1.19 bits per heavy atom. The van der Waals surface area contributed by atoms with Crippen LogP contribution in [0, 0.1) is 0 Å². The molecule has 0 bridgehead atoms. The van der Waals surface area contributed by atoms with Crippen LogP contribution in [0.2, 0.25) is 5.02 Å². The van der Waals surface area contributed by atoms with Gasteiger partial charge in [0.2, 0.25) is 5.91 Å². The summed E-state index contributed by atoms with van der Waals surface area (Å²) >= 11 is 6.13. The van der Waals surface area contributed by atoms with Gasteiger partial charge in [0, 0.05) is 31.9 Å². The van der Waals surface area contributed by atoms with Crippen LogP contribution in [-0.2, 0) is 22.5 Å². The Hall–Kier alpha value is -2.80. The lowest BCUT2D eigenvalue weighted by Gasteiger charge is -2.27. The molecular formula is C24H32ClN3O4. The van der Waals surface area contributed by atoms with Crippen LogP contribution in [-0.4, -0.2) is 47.7 Å². The molecule has 0 saturated heterocycles. The van der Waals surface area contributed by atoms with Crippen molar-refractivity contribution in [3.8, 4) is 5.75 Å². The summed E-state index contributed by atoms with van der Waals surface area (Å²) in [5.41, 5.74) is 1.31. The molecule has 1 heterocycles. The minimum Gasteiger partial charge on any atom is -0.495 e. The smallest absolute Gasteiger partial charge is 0.410 e. The van der Waals surface area contributed by atoms with Crippen molar-refractivity contribution in [1.82, 2.24) is 15.2 Å². The van der Waals surface area contributed by atoms with Crippen molar-refractivity contribution in [2.45, 2.75) is 52.2 Å². The minimum atomic E-state index is -0.581. The second-order valence-electron chi connectivity index (χ2n) is 8.44. The van der Waals surface area contributed by atoms with Gasteiger partial charge in [-0.2, -0.15) is 0 Å². The van der Waals surface area contributed by atoms with Crippen LogP contribution in [0.5, 0.6) is 5.75 Å². The van der Waals surface area contributed by atoms with Crippen LogP contribution >= 0.6 is 11.6 Å². The number of pyridine rings is 1. The van der Waals surface area contributed by atoms with E-state index in [1.54, 1.807) is 30.5 Å². The summed E-state index contributed by atoms with van der Waals surface area (Å²) < 4.78 is 10.7. The topological polar surface area (TPSA) is 80.8 Å². The van der Waals surface area contributed by atoms with E-state index in [-0.39, 0.29) is 12.0 Å². The Morgan fingerprint density at radius 2 is 1.97 bits per heavy atom. The first-order valence-electron chi connectivity index (χ1n) is 10.6. The number of nitrogens with zero attached hydrogens (tertiary/aromatic N) is 2. The van der Waals surface area contributed by atoms with Crippen molar-refractivity contribution in [3.05, 3.63) is 58.9 Å². The molecule has 0 unspecified atom stereocenters. The van der Waals surface area contributed by atoms with Gasteiger partial charge in [-0.05, 0) is 62.9 Å². The maximum atomic E-state index is 12.6. The molecule has 0 aliphatic carbocycles. The van der Waals surface area contributed by atoms with Crippen LogP contribution in [0.15, 0.2) is 42.7 Å². The van der Waals surface area contributed by atoms with Crippen molar-refractivity contribution < 1.29 is 19.1 Å². The highest BCUT2D eigenvalue weighted by atomic mass is 35.5. The molecule has 0 fully saturated rings. The predicted octanol–water partition coefficient (Wildman–Crippen LogP) is 4.62. The molecule has 2 rings (SSSR count). The van der Waals surface area contributed by atoms with E-state index >= 15 is 0 Å². The number of nitrogens with one attached hydrogen (secondary N) is 1. The second kappa shape index (κ2) is 12.3. The Bertz CT molecular complexity index is 885. The fourth-order valence-electron chi connectivity index (χ4n) is 2.98. The highest BCUT2D eigenvalue weighted by molar-refractivity contribution is 6.32. The third kappa shape index (κ3) is 9.14. The van der Waals surface area contributed by atoms with E-state index in [1.165, 1.54) is 0 Å². The van der Waals surface area contributed by atoms with Crippen LogP contribution in [0.4, 0.5) is 4.79 Å². The Labute approximate surface area is 195 Å². The number of benzene rings is 1. The number of carbonyl (C=O) groups excluding carboxylic acids is 2. The number of rotatable bonds is 10. The second-order valence-corrected chi connectivity index (χ2v) is 8.84. The number of ether oxygens (including phenoxy) is 2. The molecule has 0 aliphatic rings. The van der Waals surface area contributed by atoms with Gasteiger partial charge >= 0.3 is 6.09 Å². The molecule has 1 N–H and O–H groups in total. The molecular weight excluding hydrogens is 430 g/mol. The largest absolute Gasteiger partial charge is 0.495 e. The normalized spacial score (nSPS) is 11.0. The standard InChI is InChI=1S/C24H32ClN3O4/c1-24(2,3)32-23(30)28(17-19-7-5-12-26-16-19)14-6-13-27-22(29)11-9-18-8-10-21(31-4)20(25)15-18/h5,7-8,10,12,15-16H,6,9,11,13-14,17H2,1-4H3,(H,27,29). The summed E-state index contributed by atoms with van der Waals surface area (Å²) in [6, 6.07) is 9.25. The van der Waals surface area contributed by atoms with Gasteiger partial charge in [-0.25, -0.2) is 4.79 Å². The average Bonchev–Trinajstić information content (AvgIpc) is 2.74. The van der Waals surface area contributed by atoms with Gasteiger partial charge < -0.3 is 19.7 Å². The molecule has 1 aromatic heterocycles. The van der Waals surface area contributed by atoms with Crippen LogP contribution in [0.3, 0.4) is 0 Å². The molecule has 0 aliphatic heterocycles. The van der Waals surface area contributed by atoms with Crippen LogP contribution in [0.1, 0.15) is 44.7 Å². The average molecular weight is 462 g/mol. The highest BCUT2D eigenvalue weighted by Gasteiger charge is 2.22. The third-order valence-electron chi connectivity index (χ3n) is 4.53. The van der Waals surface area contributed by atoms with E-state index in [9.17, 15) is 9.59 Å². The molecule has 2 aromatic rings. The predicted molar refractivity (Wildman–Crippen MR) is 125 cm³/mol. The quantitative estimate of drug-likeness (QED) is 0.522. The molecule has 0 radical (unpaired) electrons. The van der Waals surface area contributed by atoms with Crippen molar-refractivity contribution in [2.75, 3.05) is 20.2 Å². The Morgan fingerprint density at radius 3 is 2.59 bits per heavy atom. The number of carbonyl (C=O) groups is 2. The van der Waals surface area contributed by atoms with Gasteiger partial charge in [-0.3, -0.25) is 9.78 Å². The highest BCUT2D eigenvalue weighted by Crippen LogP contribution is 2.25. The molecule has 0 saturated carbocycles. The van der Waals surface area contributed by atoms with E-state index in [1.807, 2.05) is 45.0 Å². The van der Waals surface area contributed by atoms with E-state index in [0.717, 1.165) is 11.1 Å². The Kier molecular flexibility index (Phi) is 9.78. The van der Waals surface area contributed by atoms with E-state index in [4.69, 9.17) is 21.1 Å². The molecule has 0 atom stereocenters. The summed E-state index contributed by atoms with van der Waals surface area (Å²) in [6.45, 7) is 6.83. The Balaban J connectivity index is 1.80. The third-order valence-corrected chi connectivity index (χ3v) is 4.83. The summed E-state index contributed by atoms with van der Waals surface area (Å²) in [4.78, 5) is 30.5. The molecule has 1 aromatic carbocycles. The summed E-state index contributed by atoms with van der Waals surface area (Å²) in [5.74, 6) is 0.564. The zero-order chi connectivity index (χ0) is 23.6. The van der Waals surface area contributed by atoms with Crippen LogP contribution in [0.25, 0.3) is 0 Å². The summed E-state index contributed by atoms with van der Waals surface area (Å²) in [6.07, 6.45) is 4.58. The molecule has 0 spiro atoms. The van der Waals surface area contributed by atoms with E-state index < -0.39 is 5.60 Å². The summed E-state index contributed by atoms with van der Waals surface area (Å²) in [5, 5.41) is 3.44. The fraction of sp³-hybridized carbons (Fsp3) is 0.458. The maximum Gasteiger partial charge on any atom is 0.410 e. The van der Waals surface area contributed by atoms with Crippen molar-refractivity contribution >= 4 is 23.6 Å². The van der Waals surface area contributed by atoms with E-state index in [2.05, 4.69) is 10.3 Å². The summed E-state index contributed by atoms with van der Waals surface area (Å²) in [7, 11) is 1.56. The first kappa shape index (κ1) is 25.5. The number of halogens is 1. The van der Waals surface area contributed by atoms with Crippen molar-refractivity contribution in [2.24, 2.45) is 0 Å². The number of aryl methyl sites for hydroxylation is 1. The first-order chi connectivity index (χ1) is 15.2. The molecule has 7 nitrogen and oxygen atoms in total. The van der Waals surface area contributed by atoms with E-state index in [0.29, 0.717) is 49.7 Å². The SMILES string of the molecule is COc1ccc(CCC(=O)NCCCN(Cc2cccnc2)C(=O)OC(C)(C)C)cc1Cl. The number of aromatic nitrogens is 1. The lowest BCUT2D eigenvalue weighted by molar-refractivity contribution is -0.121. The van der Waals surface area contributed by atoms with Crippen molar-refractivity contribution in [1.29, 1.82) is 0 Å². The first-order valence-corrected chi connectivity index (χ1v) is 11.0. The van der Waals surface area contributed by atoms with Crippen molar-refractivity contribution in [3.63, 3.8) is 0 Å². The molecule has 32 heavy (non-hydrogen) atoms. The van der Waals surface area contributed by atoms with Gasteiger partial charge in [-0.1, -0.05) is 23.7 Å².